The number of hydrogen-bond acceptors (Lipinski definition) is 2. The summed E-state index contributed by atoms with van der Waals surface area (Å²) < 4.78 is 0. The standard InChI is InChI=1S/C10H14O.C4H8O2/c1-10(2,8-11)9-6-4-3-5-7-9;1-2-3-4(5)6/h3-7,11H,8H2,1-2H3;2-3H2,1H3,(H,5,6). The molecule has 3 nitrogen and oxygen atoms in total. The first-order chi connectivity index (χ1) is 7.94. The van der Waals surface area contributed by atoms with Crippen molar-refractivity contribution in [1.82, 2.24) is 0 Å². The first kappa shape index (κ1) is 15.7. The van der Waals surface area contributed by atoms with Crippen molar-refractivity contribution in [3.63, 3.8) is 0 Å². The third kappa shape index (κ3) is 6.74. The van der Waals surface area contributed by atoms with Gasteiger partial charge in [0, 0.05) is 11.8 Å². The van der Waals surface area contributed by atoms with E-state index in [0.717, 1.165) is 6.42 Å². The van der Waals surface area contributed by atoms with E-state index in [0.29, 0.717) is 6.42 Å². The number of rotatable bonds is 4. The lowest BCUT2D eigenvalue weighted by molar-refractivity contribution is -0.137. The Bertz CT molecular complexity index is 317. The molecule has 0 unspecified atom stereocenters. The Morgan fingerprint density at radius 2 is 1.76 bits per heavy atom. The summed E-state index contributed by atoms with van der Waals surface area (Å²) in [5.74, 6) is -0.711. The Kier molecular flexibility index (Phi) is 7.22. The minimum absolute atomic E-state index is 0.110. The average Bonchev–Trinajstić information content (AvgIpc) is 2.31. The van der Waals surface area contributed by atoms with Gasteiger partial charge < -0.3 is 10.2 Å². The molecular weight excluding hydrogens is 216 g/mol. The van der Waals surface area contributed by atoms with Gasteiger partial charge in [0.15, 0.2) is 0 Å². The van der Waals surface area contributed by atoms with Crippen molar-refractivity contribution in [3.05, 3.63) is 35.9 Å². The van der Waals surface area contributed by atoms with E-state index in [1.54, 1.807) is 0 Å². The van der Waals surface area contributed by atoms with E-state index in [4.69, 9.17) is 10.2 Å². The molecule has 0 heterocycles. The fraction of sp³-hybridized carbons (Fsp3) is 0.500. The van der Waals surface area contributed by atoms with Crippen LogP contribution in [0.15, 0.2) is 30.3 Å². The van der Waals surface area contributed by atoms with Crippen LogP contribution in [0.1, 0.15) is 39.2 Å². The average molecular weight is 238 g/mol. The van der Waals surface area contributed by atoms with E-state index in [2.05, 4.69) is 0 Å². The highest BCUT2D eigenvalue weighted by molar-refractivity contribution is 5.66. The maximum absolute atomic E-state index is 9.60. The van der Waals surface area contributed by atoms with Gasteiger partial charge in [-0.05, 0) is 12.0 Å². The summed E-state index contributed by atoms with van der Waals surface area (Å²) in [6.07, 6.45) is 1.02. The van der Waals surface area contributed by atoms with Crippen molar-refractivity contribution in [3.8, 4) is 0 Å². The number of benzene rings is 1. The largest absolute Gasteiger partial charge is 0.481 e. The first-order valence-electron chi connectivity index (χ1n) is 5.82. The normalized spacial score (nSPS) is 10.4. The molecule has 0 radical (unpaired) electrons. The Morgan fingerprint density at radius 1 is 1.24 bits per heavy atom. The van der Waals surface area contributed by atoms with Gasteiger partial charge in [0.25, 0.3) is 0 Å². The molecule has 17 heavy (non-hydrogen) atoms. The quantitative estimate of drug-likeness (QED) is 0.848. The summed E-state index contributed by atoms with van der Waals surface area (Å²) in [6.45, 7) is 6.09. The van der Waals surface area contributed by atoms with Crippen LogP contribution in [-0.4, -0.2) is 22.8 Å². The summed E-state index contributed by atoms with van der Waals surface area (Å²) in [4.78, 5) is 9.60. The van der Waals surface area contributed by atoms with E-state index in [-0.39, 0.29) is 12.0 Å². The van der Waals surface area contributed by atoms with Crippen LogP contribution >= 0.6 is 0 Å². The van der Waals surface area contributed by atoms with E-state index < -0.39 is 5.97 Å². The molecule has 96 valence electrons. The molecule has 1 aromatic rings. The van der Waals surface area contributed by atoms with Crippen LogP contribution in [0.2, 0.25) is 0 Å². The van der Waals surface area contributed by atoms with Crippen LogP contribution < -0.4 is 0 Å². The molecule has 0 aliphatic rings. The van der Waals surface area contributed by atoms with Crippen molar-refractivity contribution in [1.29, 1.82) is 0 Å². The van der Waals surface area contributed by atoms with Crippen LogP contribution in [0.4, 0.5) is 0 Å². The Balaban J connectivity index is 0.000000366. The summed E-state index contributed by atoms with van der Waals surface area (Å²) in [5, 5.41) is 17.0. The molecule has 0 aliphatic heterocycles. The zero-order valence-corrected chi connectivity index (χ0v) is 10.8. The van der Waals surface area contributed by atoms with Gasteiger partial charge in [-0.2, -0.15) is 0 Å². The molecule has 0 saturated carbocycles. The van der Waals surface area contributed by atoms with Gasteiger partial charge in [-0.1, -0.05) is 51.1 Å². The first-order valence-corrected chi connectivity index (χ1v) is 5.82. The molecule has 0 atom stereocenters. The smallest absolute Gasteiger partial charge is 0.303 e. The van der Waals surface area contributed by atoms with Gasteiger partial charge >= 0.3 is 5.97 Å². The minimum Gasteiger partial charge on any atom is -0.481 e. The molecule has 0 bridgehead atoms. The Morgan fingerprint density at radius 3 is 2.06 bits per heavy atom. The molecule has 3 heteroatoms. The number of carbonyl (C=O) groups is 1. The number of aliphatic hydroxyl groups is 1. The lowest BCUT2D eigenvalue weighted by Gasteiger charge is -2.21. The number of carboxylic acids is 1. The van der Waals surface area contributed by atoms with Crippen molar-refractivity contribution >= 4 is 5.97 Å². The van der Waals surface area contributed by atoms with Crippen LogP contribution in [-0.2, 0) is 10.2 Å². The van der Waals surface area contributed by atoms with Crippen LogP contribution in [0.25, 0.3) is 0 Å². The lowest BCUT2D eigenvalue weighted by Crippen LogP contribution is -2.21. The monoisotopic (exact) mass is 238 g/mol. The predicted octanol–water partition coefficient (Wildman–Crippen LogP) is 2.83. The van der Waals surface area contributed by atoms with Crippen molar-refractivity contribution < 1.29 is 15.0 Å². The van der Waals surface area contributed by atoms with E-state index >= 15 is 0 Å². The SMILES string of the molecule is CC(C)(CO)c1ccccc1.CCCC(=O)O. The molecule has 1 rings (SSSR count). The summed E-state index contributed by atoms with van der Waals surface area (Å²) in [7, 11) is 0. The highest BCUT2D eigenvalue weighted by atomic mass is 16.4. The molecule has 0 aliphatic carbocycles. The minimum atomic E-state index is -0.711. The highest BCUT2D eigenvalue weighted by Crippen LogP contribution is 2.21. The number of carboxylic acid groups (broad SMARTS) is 1. The molecule has 2 N–H and O–H groups in total. The topological polar surface area (TPSA) is 57.5 Å². The van der Waals surface area contributed by atoms with Gasteiger partial charge in [0.05, 0.1) is 6.61 Å². The van der Waals surface area contributed by atoms with Crippen LogP contribution in [0.3, 0.4) is 0 Å². The highest BCUT2D eigenvalue weighted by Gasteiger charge is 2.17. The zero-order valence-electron chi connectivity index (χ0n) is 10.8. The van der Waals surface area contributed by atoms with Gasteiger partial charge in [-0.25, -0.2) is 0 Å². The third-order valence-electron chi connectivity index (χ3n) is 2.41. The molecule has 0 saturated heterocycles. The molecule has 0 aromatic heterocycles. The van der Waals surface area contributed by atoms with E-state index in [1.807, 2.05) is 51.1 Å². The zero-order chi connectivity index (χ0) is 13.3. The second kappa shape index (κ2) is 7.85. The van der Waals surface area contributed by atoms with E-state index in [9.17, 15) is 4.79 Å². The van der Waals surface area contributed by atoms with Gasteiger partial charge in [0.2, 0.25) is 0 Å². The van der Waals surface area contributed by atoms with E-state index in [1.165, 1.54) is 5.56 Å². The number of aliphatic hydroxyl groups excluding tert-OH is 1. The summed E-state index contributed by atoms with van der Waals surface area (Å²) in [6, 6.07) is 10.0. The number of hydrogen-bond donors (Lipinski definition) is 2. The van der Waals surface area contributed by atoms with Gasteiger partial charge in [-0.3, -0.25) is 4.79 Å². The molecule has 1 aromatic carbocycles. The number of aliphatic carboxylic acids is 1. The van der Waals surface area contributed by atoms with Crippen LogP contribution in [0.5, 0.6) is 0 Å². The predicted molar refractivity (Wildman–Crippen MR) is 69.1 cm³/mol. The second-order valence-corrected chi connectivity index (χ2v) is 4.55. The molecule has 0 spiro atoms. The Labute approximate surface area is 103 Å². The van der Waals surface area contributed by atoms with Crippen molar-refractivity contribution in [2.45, 2.75) is 39.0 Å². The van der Waals surface area contributed by atoms with Crippen molar-refractivity contribution in [2.75, 3.05) is 6.61 Å². The summed E-state index contributed by atoms with van der Waals surface area (Å²) >= 11 is 0. The molecule has 0 amide bonds. The van der Waals surface area contributed by atoms with Gasteiger partial charge in [0.1, 0.15) is 0 Å². The maximum Gasteiger partial charge on any atom is 0.303 e. The fourth-order valence-electron chi connectivity index (χ4n) is 1.19. The fourth-order valence-corrected chi connectivity index (χ4v) is 1.19. The molecule has 0 fully saturated rings. The second-order valence-electron chi connectivity index (χ2n) is 4.55. The van der Waals surface area contributed by atoms with Crippen molar-refractivity contribution in [2.24, 2.45) is 0 Å². The third-order valence-corrected chi connectivity index (χ3v) is 2.41. The lowest BCUT2D eigenvalue weighted by atomic mass is 9.86. The summed E-state index contributed by atoms with van der Waals surface area (Å²) in [5.41, 5.74) is 1.07. The Hall–Kier alpha value is -1.35. The van der Waals surface area contributed by atoms with Gasteiger partial charge in [-0.15, -0.1) is 0 Å². The maximum atomic E-state index is 9.60. The molecular formula is C14H22O3. The van der Waals surface area contributed by atoms with Crippen LogP contribution in [0, 0.1) is 0 Å².